The second kappa shape index (κ2) is 7.90. The normalized spacial score (nSPS) is 14.6. The maximum absolute atomic E-state index is 13.1. The van der Waals surface area contributed by atoms with E-state index in [0.29, 0.717) is 37.4 Å². The molecule has 0 N–H and O–H groups in total. The molecule has 4 rings (SSSR count). The Balaban J connectivity index is 1.45. The molecule has 1 saturated heterocycles. The Labute approximate surface area is 171 Å². The minimum absolute atomic E-state index is 0.0921. The number of anilines is 1. The van der Waals surface area contributed by atoms with Crippen molar-refractivity contribution in [2.75, 3.05) is 31.1 Å². The van der Waals surface area contributed by atoms with Crippen molar-refractivity contribution >= 4 is 33.1 Å². The Bertz CT molecular complexity index is 1100. The molecule has 7 nitrogen and oxygen atoms in total. The zero-order valence-corrected chi connectivity index (χ0v) is 17.2. The third kappa shape index (κ3) is 3.87. The van der Waals surface area contributed by atoms with Crippen LogP contribution in [0.15, 0.2) is 29.1 Å². The van der Waals surface area contributed by atoms with E-state index in [0.717, 1.165) is 21.8 Å². The van der Waals surface area contributed by atoms with Crippen molar-refractivity contribution in [3.63, 3.8) is 0 Å². The van der Waals surface area contributed by atoms with Crippen molar-refractivity contribution in [2.45, 2.75) is 26.8 Å². The lowest BCUT2D eigenvalue weighted by atomic mass is 10.2. The van der Waals surface area contributed by atoms with Crippen molar-refractivity contribution in [1.82, 2.24) is 19.7 Å². The highest BCUT2D eigenvalue weighted by atomic mass is 32.1. The van der Waals surface area contributed by atoms with Gasteiger partial charge in [-0.2, -0.15) is 5.10 Å². The van der Waals surface area contributed by atoms with Crippen molar-refractivity contribution in [3.05, 3.63) is 51.1 Å². The molecule has 1 aliphatic heterocycles. The molecule has 1 fully saturated rings. The highest BCUT2D eigenvalue weighted by Gasteiger charge is 2.23. The van der Waals surface area contributed by atoms with E-state index in [2.05, 4.69) is 15.0 Å². The molecule has 0 unspecified atom stereocenters. The van der Waals surface area contributed by atoms with Gasteiger partial charge in [0.15, 0.2) is 5.52 Å². The number of amides is 1. The van der Waals surface area contributed by atoms with Gasteiger partial charge in [-0.25, -0.2) is 14.1 Å². The number of carbonyl (C=O) groups excluding carboxylic acids is 1. The Hall–Kier alpha value is -2.81. The Morgan fingerprint density at radius 2 is 1.86 bits per heavy atom. The number of carbonyl (C=O) groups is 1. The van der Waals surface area contributed by atoms with E-state index >= 15 is 0 Å². The van der Waals surface area contributed by atoms with Gasteiger partial charge in [0, 0.05) is 31.9 Å². The molecule has 152 valence electrons. The van der Waals surface area contributed by atoms with Crippen LogP contribution in [0.1, 0.15) is 17.6 Å². The lowest BCUT2D eigenvalue weighted by Gasteiger charge is -2.36. The molecule has 3 heterocycles. The molecule has 0 bridgehead atoms. The van der Waals surface area contributed by atoms with Crippen molar-refractivity contribution in [3.8, 4) is 0 Å². The van der Waals surface area contributed by atoms with Gasteiger partial charge in [0.1, 0.15) is 12.4 Å². The number of nitrogens with zero attached hydrogens (tertiary/aromatic N) is 5. The number of piperazine rings is 1. The van der Waals surface area contributed by atoms with Crippen LogP contribution in [0.25, 0.3) is 10.2 Å². The third-order valence-corrected chi connectivity index (χ3v) is 6.43. The Morgan fingerprint density at radius 3 is 2.52 bits per heavy atom. The van der Waals surface area contributed by atoms with Crippen molar-refractivity contribution < 1.29 is 9.18 Å². The first-order chi connectivity index (χ1) is 14.0. The molecular weight excluding hydrogens is 393 g/mol. The summed E-state index contributed by atoms with van der Waals surface area (Å²) in [6.45, 7) is 6.14. The lowest BCUT2D eigenvalue weighted by molar-refractivity contribution is -0.132. The molecule has 0 aliphatic carbocycles. The summed E-state index contributed by atoms with van der Waals surface area (Å²) in [5, 5.41) is 5.23. The number of aromatic nitrogens is 3. The van der Waals surface area contributed by atoms with Gasteiger partial charge in [-0.15, -0.1) is 11.3 Å². The van der Waals surface area contributed by atoms with Crippen LogP contribution in [-0.2, 0) is 17.8 Å². The fourth-order valence-electron chi connectivity index (χ4n) is 3.50. The molecule has 9 heteroatoms. The number of hydrogen-bond acceptors (Lipinski definition) is 6. The molecule has 2 aromatic heterocycles. The van der Waals surface area contributed by atoms with Crippen LogP contribution < -0.4 is 10.5 Å². The summed E-state index contributed by atoms with van der Waals surface area (Å²) in [5.74, 6) is -0.401. The second-order valence-corrected chi connectivity index (χ2v) is 8.11. The molecule has 1 aromatic carbocycles. The molecule has 0 atom stereocenters. The Kier molecular flexibility index (Phi) is 5.31. The van der Waals surface area contributed by atoms with Crippen LogP contribution in [0.2, 0.25) is 0 Å². The molecule has 0 spiro atoms. The fourth-order valence-corrected chi connectivity index (χ4v) is 4.44. The van der Waals surface area contributed by atoms with Crippen LogP contribution in [0.4, 0.5) is 10.1 Å². The van der Waals surface area contributed by atoms with Gasteiger partial charge in [0.2, 0.25) is 5.91 Å². The average molecular weight is 415 g/mol. The summed E-state index contributed by atoms with van der Waals surface area (Å²) in [5.41, 5.74) is 1.73. The van der Waals surface area contributed by atoms with Gasteiger partial charge in [0.25, 0.3) is 5.56 Å². The van der Waals surface area contributed by atoms with E-state index in [1.807, 2.05) is 13.8 Å². The first-order valence-corrected chi connectivity index (χ1v) is 10.4. The van der Waals surface area contributed by atoms with Gasteiger partial charge in [-0.3, -0.25) is 9.59 Å². The van der Waals surface area contributed by atoms with Crippen LogP contribution >= 0.6 is 11.3 Å². The molecule has 1 aliphatic rings. The smallest absolute Gasteiger partial charge is 0.294 e. The summed E-state index contributed by atoms with van der Waals surface area (Å²) >= 11 is 1.48. The van der Waals surface area contributed by atoms with Crippen LogP contribution in [0, 0.1) is 12.7 Å². The van der Waals surface area contributed by atoms with E-state index in [-0.39, 0.29) is 23.8 Å². The van der Waals surface area contributed by atoms with E-state index < -0.39 is 0 Å². The summed E-state index contributed by atoms with van der Waals surface area (Å²) in [6, 6.07) is 6.36. The van der Waals surface area contributed by atoms with E-state index in [1.54, 1.807) is 17.0 Å². The van der Waals surface area contributed by atoms with Crippen LogP contribution in [0.5, 0.6) is 0 Å². The topological polar surface area (TPSA) is 71.3 Å². The predicted molar refractivity (Wildman–Crippen MR) is 111 cm³/mol. The van der Waals surface area contributed by atoms with Crippen molar-refractivity contribution in [1.29, 1.82) is 0 Å². The quantitative estimate of drug-likeness (QED) is 0.653. The summed E-state index contributed by atoms with van der Waals surface area (Å²) in [6.07, 6.45) is 0.759. The largest absolute Gasteiger partial charge is 0.368 e. The van der Waals surface area contributed by atoms with Crippen molar-refractivity contribution in [2.24, 2.45) is 0 Å². The summed E-state index contributed by atoms with van der Waals surface area (Å²) in [4.78, 5) is 33.8. The summed E-state index contributed by atoms with van der Waals surface area (Å²) < 4.78 is 15.1. The minimum Gasteiger partial charge on any atom is -0.368 e. The number of rotatable bonds is 4. The van der Waals surface area contributed by atoms with Gasteiger partial charge < -0.3 is 9.80 Å². The van der Waals surface area contributed by atoms with E-state index in [4.69, 9.17) is 0 Å². The molecule has 0 radical (unpaired) electrons. The molecular formula is C20H22FN5O2S. The summed E-state index contributed by atoms with van der Waals surface area (Å²) in [7, 11) is 0. The first-order valence-electron chi connectivity index (χ1n) is 9.61. The minimum atomic E-state index is -0.320. The van der Waals surface area contributed by atoms with Gasteiger partial charge >= 0.3 is 0 Å². The number of hydrogen-bond donors (Lipinski definition) is 0. The number of fused-ring (bicyclic) bond motifs is 1. The zero-order valence-electron chi connectivity index (χ0n) is 16.4. The molecule has 29 heavy (non-hydrogen) atoms. The van der Waals surface area contributed by atoms with Crippen LogP contribution in [-0.4, -0.2) is 51.8 Å². The average Bonchev–Trinajstić information content (AvgIpc) is 3.18. The van der Waals surface area contributed by atoms with Gasteiger partial charge in [0.05, 0.1) is 15.4 Å². The maximum atomic E-state index is 13.1. The number of halogens is 1. The highest BCUT2D eigenvalue weighted by Crippen LogP contribution is 2.22. The van der Waals surface area contributed by atoms with Gasteiger partial charge in [-0.05, 0) is 37.6 Å². The van der Waals surface area contributed by atoms with E-state index in [9.17, 15) is 14.0 Å². The molecule has 0 saturated carbocycles. The SMILES string of the molecule is CCc1nc2c(=O)n(CC(=O)N3CCN(c4ccc(F)cc4)CC3)nc(C)c2s1. The monoisotopic (exact) mass is 415 g/mol. The highest BCUT2D eigenvalue weighted by molar-refractivity contribution is 7.18. The predicted octanol–water partition coefficient (Wildman–Crippen LogP) is 2.21. The molecule has 1 amide bonds. The maximum Gasteiger partial charge on any atom is 0.294 e. The number of benzene rings is 1. The zero-order chi connectivity index (χ0) is 20.5. The van der Waals surface area contributed by atoms with E-state index in [1.165, 1.54) is 28.2 Å². The molecule has 3 aromatic rings. The second-order valence-electron chi connectivity index (χ2n) is 7.03. The number of aryl methyl sites for hydroxylation is 2. The number of thiazole rings is 1. The lowest BCUT2D eigenvalue weighted by Crippen LogP contribution is -2.50. The standard InChI is InChI=1S/C20H22FN5O2S/c1-3-16-22-18-19(29-16)13(2)23-26(20(18)28)12-17(27)25-10-8-24(9-11-25)15-6-4-14(21)5-7-15/h4-7H,3,8-12H2,1-2H3. The third-order valence-electron chi connectivity index (χ3n) is 5.12. The first kappa shape index (κ1) is 19.5. The Morgan fingerprint density at radius 1 is 1.17 bits per heavy atom. The fraction of sp³-hybridized carbons (Fsp3) is 0.400. The van der Waals surface area contributed by atoms with Crippen LogP contribution in [0.3, 0.4) is 0 Å². The van der Waals surface area contributed by atoms with Gasteiger partial charge in [-0.1, -0.05) is 6.92 Å².